The molecular weight excluding hydrogens is 378 g/mol. The summed E-state index contributed by atoms with van der Waals surface area (Å²) >= 11 is 6.03. The number of rotatable bonds is 5. The second kappa shape index (κ2) is 7.82. The minimum atomic E-state index is -0.466. The topological polar surface area (TPSA) is 93.0 Å². The molecule has 3 aromatic rings. The molecular formula is C20H20ClN5O2. The summed E-state index contributed by atoms with van der Waals surface area (Å²) in [6.07, 6.45) is 0. The van der Waals surface area contributed by atoms with Gasteiger partial charge in [-0.05, 0) is 32.9 Å². The lowest BCUT2D eigenvalue weighted by Gasteiger charge is -2.21. The van der Waals surface area contributed by atoms with Gasteiger partial charge in [0.15, 0.2) is 0 Å². The molecule has 2 aromatic carbocycles. The first kappa shape index (κ1) is 19.6. The highest BCUT2D eigenvalue weighted by molar-refractivity contribution is 6.31. The van der Waals surface area contributed by atoms with E-state index in [-0.39, 0.29) is 16.9 Å². The number of halogens is 1. The van der Waals surface area contributed by atoms with E-state index >= 15 is 0 Å². The van der Waals surface area contributed by atoms with Crippen LogP contribution in [0.4, 0.5) is 23.1 Å². The van der Waals surface area contributed by atoms with Crippen LogP contribution < -0.4 is 10.6 Å². The largest absolute Gasteiger partial charge is 0.350 e. The van der Waals surface area contributed by atoms with E-state index in [1.54, 1.807) is 6.07 Å². The van der Waals surface area contributed by atoms with Crippen molar-refractivity contribution in [2.45, 2.75) is 26.3 Å². The van der Waals surface area contributed by atoms with Crippen LogP contribution in [0.25, 0.3) is 11.3 Å². The zero-order chi connectivity index (χ0) is 20.3. The van der Waals surface area contributed by atoms with E-state index < -0.39 is 4.92 Å². The molecule has 0 saturated heterocycles. The summed E-state index contributed by atoms with van der Waals surface area (Å²) < 4.78 is 0. The molecule has 0 aliphatic carbocycles. The van der Waals surface area contributed by atoms with Gasteiger partial charge in [-0.15, -0.1) is 0 Å². The van der Waals surface area contributed by atoms with Crippen molar-refractivity contribution < 1.29 is 4.92 Å². The number of nitro benzene ring substituents is 1. The molecule has 144 valence electrons. The van der Waals surface area contributed by atoms with Gasteiger partial charge in [-0.1, -0.05) is 41.9 Å². The third-order valence-electron chi connectivity index (χ3n) is 3.70. The molecule has 0 aliphatic rings. The Hall–Kier alpha value is -3.19. The van der Waals surface area contributed by atoms with Crippen molar-refractivity contribution in [3.05, 3.63) is 69.7 Å². The fraction of sp³-hybridized carbons (Fsp3) is 0.200. The SMILES string of the molecule is CC(C)(C)Nc1nc(Nc2cc(Cl)ccc2[N+](=O)[O-])cc(-c2ccccc2)n1. The van der Waals surface area contributed by atoms with Crippen LogP contribution in [0.2, 0.25) is 5.02 Å². The summed E-state index contributed by atoms with van der Waals surface area (Å²) in [7, 11) is 0. The van der Waals surface area contributed by atoms with Gasteiger partial charge in [0.2, 0.25) is 5.95 Å². The standard InChI is InChI=1S/C20H20ClN5O2/c1-20(2,3)25-19-23-15(13-7-5-4-6-8-13)12-18(24-19)22-16-11-14(21)9-10-17(16)26(27)28/h4-12H,1-3H3,(H2,22,23,24,25). The fourth-order valence-electron chi connectivity index (χ4n) is 2.56. The summed E-state index contributed by atoms with van der Waals surface area (Å²) in [5.41, 5.74) is 1.51. The zero-order valence-electron chi connectivity index (χ0n) is 15.7. The van der Waals surface area contributed by atoms with Crippen molar-refractivity contribution >= 4 is 34.7 Å². The third kappa shape index (κ3) is 4.95. The summed E-state index contributed by atoms with van der Waals surface area (Å²) in [5, 5.41) is 18.0. The first-order valence-corrected chi connectivity index (χ1v) is 9.03. The quantitative estimate of drug-likeness (QED) is 0.426. The number of aromatic nitrogens is 2. The van der Waals surface area contributed by atoms with Crippen LogP contribution in [0.5, 0.6) is 0 Å². The highest BCUT2D eigenvalue weighted by Gasteiger charge is 2.17. The lowest BCUT2D eigenvalue weighted by molar-refractivity contribution is -0.383. The minimum Gasteiger partial charge on any atom is -0.350 e. The van der Waals surface area contributed by atoms with E-state index in [1.165, 1.54) is 18.2 Å². The maximum Gasteiger partial charge on any atom is 0.292 e. The predicted octanol–water partition coefficient (Wildman–Crippen LogP) is 5.66. The number of nitrogens with zero attached hydrogens (tertiary/aromatic N) is 3. The van der Waals surface area contributed by atoms with Crippen LogP contribution in [0, 0.1) is 10.1 Å². The van der Waals surface area contributed by atoms with Gasteiger partial charge in [0.25, 0.3) is 5.69 Å². The van der Waals surface area contributed by atoms with Gasteiger partial charge in [-0.25, -0.2) is 4.98 Å². The van der Waals surface area contributed by atoms with Crippen molar-refractivity contribution in [3.63, 3.8) is 0 Å². The smallest absolute Gasteiger partial charge is 0.292 e. The lowest BCUT2D eigenvalue weighted by atomic mass is 10.1. The molecule has 0 atom stereocenters. The first-order valence-electron chi connectivity index (χ1n) is 8.65. The predicted molar refractivity (Wildman–Crippen MR) is 112 cm³/mol. The van der Waals surface area contributed by atoms with Gasteiger partial charge < -0.3 is 10.6 Å². The number of nitrogens with one attached hydrogen (secondary N) is 2. The summed E-state index contributed by atoms with van der Waals surface area (Å²) in [6.45, 7) is 6.00. The van der Waals surface area contributed by atoms with Crippen molar-refractivity contribution in [3.8, 4) is 11.3 Å². The number of hydrogen-bond acceptors (Lipinski definition) is 6. The minimum absolute atomic E-state index is 0.0883. The van der Waals surface area contributed by atoms with Crippen LogP contribution in [0.1, 0.15) is 20.8 Å². The number of hydrogen-bond donors (Lipinski definition) is 2. The summed E-state index contributed by atoms with van der Waals surface area (Å²) in [6, 6.07) is 15.7. The molecule has 1 aromatic heterocycles. The van der Waals surface area contributed by atoms with E-state index in [1.807, 2.05) is 51.1 Å². The summed E-state index contributed by atoms with van der Waals surface area (Å²) in [5.74, 6) is 0.840. The molecule has 28 heavy (non-hydrogen) atoms. The Morgan fingerprint density at radius 2 is 1.75 bits per heavy atom. The molecule has 0 spiro atoms. The molecule has 8 heteroatoms. The Morgan fingerprint density at radius 3 is 2.39 bits per heavy atom. The fourth-order valence-corrected chi connectivity index (χ4v) is 2.74. The van der Waals surface area contributed by atoms with Gasteiger partial charge in [-0.3, -0.25) is 10.1 Å². The average molecular weight is 398 g/mol. The monoisotopic (exact) mass is 397 g/mol. The molecule has 1 heterocycles. The summed E-state index contributed by atoms with van der Waals surface area (Å²) in [4.78, 5) is 19.9. The number of nitro groups is 1. The maximum atomic E-state index is 11.3. The van der Waals surface area contributed by atoms with Crippen LogP contribution in [0.15, 0.2) is 54.6 Å². The average Bonchev–Trinajstić information content (AvgIpc) is 2.60. The van der Waals surface area contributed by atoms with Crippen molar-refractivity contribution in [1.82, 2.24) is 9.97 Å². The van der Waals surface area contributed by atoms with Crippen LogP contribution in [-0.4, -0.2) is 20.4 Å². The molecule has 0 amide bonds. The van der Waals surface area contributed by atoms with E-state index in [4.69, 9.17) is 11.6 Å². The van der Waals surface area contributed by atoms with Crippen LogP contribution in [0.3, 0.4) is 0 Å². The molecule has 2 N–H and O–H groups in total. The zero-order valence-corrected chi connectivity index (χ0v) is 16.5. The molecule has 0 aliphatic heterocycles. The highest BCUT2D eigenvalue weighted by atomic mass is 35.5. The Labute approximate surface area is 168 Å². The molecule has 0 saturated carbocycles. The molecule has 3 rings (SSSR count). The van der Waals surface area contributed by atoms with Gasteiger partial charge in [0, 0.05) is 28.3 Å². The van der Waals surface area contributed by atoms with E-state index in [9.17, 15) is 10.1 Å². The molecule has 0 radical (unpaired) electrons. The second-order valence-corrected chi connectivity index (χ2v) is 7.68. The Bertz CT molecular complexity index is 1000. The Kier molecular flexibility index (Phi) is 5.46. The van der Waals surface area contributed by atoms with Gasteiger partial charge in [-0.2, -0.15) is 4.98 Å². The van der Waals surface area contributed by atoms with Gasteiger partial charge in [0.05, 0.1) is 10.6 Å². The van der Waals surface area contributed by atoms with E-state index in [0.717, 1.165) is 5.56 Å². The highest BCUT2D eigenvalue weighted by Crippen LogP contribution is 2.31. The second-order valence-electron chi connectivity index (χ2n) is 7.25. The molecule has 0 unspecified atom stereocenters. The van der Waals surface area contributed by atoms with Crippen LogP contribution >= 0.6 is 11.6 Å². The molecule has 0 fully saturated rings. The first-order chi connectivity index (χ1) is 13.2. The Balaban J connectivity index is 2.07. The normalized spacial score (nSPS) is 11.1. The van der Waals surface area contributed by atoms with Crippen LogP contribution in [-0.2, 0) is 0 Å². The number of anilines is 3. The molecule has 7 nitrogen and oxygen atoms in total. The van der Waals surface area contributed by atoms with Crippen molar-refractivity contribution in [1.29, 1.82) is 0 Å². The van der Waals surface area contributed by atoms with E-state index in [0.29, 0.717) is 22.5 Å². The number of benzene rings is 2. The molecule has 0 bridgehead atoms. The third-order valence-corrected chi connectivity index (χ3v) is 3.94. The van der Waals surface area contributed by atoms with Gasteiger partial charge in [0.1, 0.15) is 11.5 Å². The maximum absolute atomic E-state index is 11.3. The van der Waals surface area contributed by atoms with Crippen molar-refractivity contribution in [2.24, 2.45) is 0 Å². The van der Waals surface area contributed by atoms with Crippen molar-refractivity contribution in [2.75, 3.05) is 10.6 Å². The lowest BCUT2D eigenvalue weighted by Crippen LogP contribution is -2.27. The van der Waals surface area contributed by atoms with Gasteiger partial charge >= 0.3 is 0 Å². The Morgan fingerprint density at radius 1 is 1.04 bits per heavy atom. The van der Waals surface area contributed by atoms with E-state index in [2.05, 4.69) is 20.6 Å².